The van der Waals surface area contributed by atoms with Gasteiger partial charge in [-0.05, 0) is 37.5 Å². The van der Waals surface area contributed by atoms with E-state index >= 15 is 0 Å². The SMILES string of the molecule is O=C(CCCOc1ccc(Cl)cc1Cl)N1CCC(O)CC1. The van der Waals surface area contributed by atoms with Crippen molar-refractivity contribution in [2.24, 2.45) is 0 Å². The molecule has 1 aliphatic heterocycles. The van der Waals surface area contributed by atoms with Gasteiger partial charge in [-0.2, -0.15) is 0 Å². The minimum atomic E-state index is -0.260. The summed E-state index contributed by atoms with van der Waals surface area (Å²) in [5.41, 5.74) is 0. The van der Waals surface area contributed by atoms with Crippen LogP contribution in [0.15, 0.2) is 18.2 Å². The fraction of sp³-hybridized carbons (Fsp3) is 0.533. The number of hydrogen-bond donors (Lipinski definition) is 1. The van der Waals surface area contributed by atoms with E-state index < -0.39 is 0 Å². The lowest BCUT2D eigenvalue weighted by molar-refractivity contribution is -0.133. The van der Waals surface area contributed by atoms with Gasteiger partial charge in [-0.25, -0.2) is 0 Å². The van der Waals surface area contributed by atoms with Gasteiger partial charge in [0, 0.05) is 24.5 Å². The average Bonchev–Trinajstić information content (AvgIpc) is 2.46. The molecule has 0 aromatic heterocycles. The van der Waals surface area contributed by atoms with Gasteiger partial charge >= 0.3 is 0 Å². The molecule has 0 saturated carbocycles. The molecule has 0 radical (unpaired) electrons. The van der Waals surface area contributed by atoms with Crippen LogP contribution in [0.2, 0.25) is 10.0 Å². The standard InChI is InChI=1S/C15H19Cl2NO3/c16-11-3-4-14(13(17)10-11)21-9-1-2-15(20)18-7-5-12(19)6-8-18/h3-4,10,12,19H,1-2,5-9H2. The third kappa shape index (κ3) is 5.06. The van der Waals surface area contributed by atoms with Gasteiger partial charge in [0.25, 0.3) is 0 Å². The number of likely N-dealkylation sites (tertiary alicyclic amines) is 1. The Morgan fingerprint density at radius 1 is 1.33 bits per heavy atom. The molecule has 116 valence electrons. The maximum atomic E-state index is 12.0. The predicted molar refractivity (Wildman–Crippen MR) is 83.0 cm³/mol. The average molecular weight is 332 g/mol. The fourth-order valence-corrected chi connectivity index (χ4v) is 2.73. The molecule has 1 fully saturated rings. The Kier molecular flexibility index (Phi) is 6.15. The summed E-state index contributed by atoms with van der Waals surface area (Å²) in [6.45, 7) is 1.72. The first-order chi connectivity index (χ1) is 10.1. The second-order valence-electron chi connectivity index (χ2n) is 5.14. The summed E-state index contributed by atoms with van der Waals surface area (Å²) in [4.78, 5) is 13.8. The first-order valence-corrected chi connectivity index (χ1v) is 7.85. The van der Waals surface area contributed by atoms with Crippen molar-refractivity contribution in [3.63, 3.8) is 0 Å². The van der Waals surface area contributed by atoms with Crippen molar-refractivity contribution >= 4 is 29.1 Å². The van der Waals surface area contributed by atoms with Crippen LogP contribution in [0.4, 0.5) is 0 Å². The van der Waals surface area contributed by atoms with Crippen LogP contribution in [-0.2, 0) is 4.79 Å². The summed E-state index contributed by atoms with van der Waals surface area (Å²) < 4.78 is 5.55. The Balaban J connectivity index is 1.68. The first-order valence-electron chi connectivity index (χ1n) is 7.10. The number of benzene rings is 1. The van der Waals surface area contributed by atoms with Crippen molar-refractivity contribution in [1.29, 1.82) is 0 Å². The Hall–Kier alpha value is -0.970. The van der Waals surface area contributed by atoms with E-state index in [9.17, 15) is 9.90 Å². The maximum Gasteiger partial charge on any atom is 0.222 e. The number of rotatable bonds is 5. The molecule has 0 atom stereocenters. The highest BCUT2D eigenvalue weighted by molar-refractivity contribution is 6.35. The topological polar surface area (TPSA) is 49.8 Å². The van der Waals surface area contributed by atoms with E-state index in [2.05, 4.69) is 0 Å². The zero-order chi connectivity index (χ0) is 15.2. The molecule has 0 aliphatic carbocycles. The fourth-order valence-electron chi connectivity index (χ4n) is 2.27. The Bertz CT molecular complexity index is 488. The number of nitrogens with zero attached hydrogens (tertiary/aromatic N) is 1. The highest BCUT2D eigenvalue weighted by atomic mass is 35.5. The maximum absolute atomic E-state index is 12.0. The molecule has 1 aromatic carbocycles. The van der Waals surface area contributed by atoms with Crippen molar-refractivity contribution < 1.29 is 14.6 Å². The predicted octanol–water partition coefficient (Wildman–Crippen LogP) is 3.14. The number of aliphatic hydroxyl groups is 1. The van der Waals surface area contributed by atoms with Gasteiger partial charge in [-0.3, -0.25) is 4.79 Å². The highest BCUT2D eigenvalue weighted by Gasteiger charge is 2.20. The van der Waals surface area contributed by atoms with Crippen molar-refractivity contribution in [3.05, 3.63) is 28.2 Å². The summed E-state index contributed by atoms with van der Waals surface area (Å²) in [7, 11) is 0. The van der Waals surface area contributed by atoms with Crippen LogP contribution in [0.5, 0.6) is 5.75 Å². The number of aliphatic hydroxyl groups excluding tert-OH is 1. The monoisotopic (exact) mass is 331 g/mol. The van der Waals surface area contributed by atoms with E-state index in [-0.39, 0.29) is 12.0 Å². The molecule has 1 heterocycles. The van der Waals surface area contributed by atoms with Gasteiger partial charge < -0.3 is 14.7 Å². The van der Waals surface area contributed by atoms with Crippen molar-refractivity contribution in [2.75, 3.05) is 19.7 Å². The molecule has 6 heteroatoms. The van der Waals surface area contributed by atoms with Crippen LogP contribution >= 0.6 is 23.2 Å². The van der Waals surface area contributed by atoms with Crippen LogP contribution in [-0.4, -0.2) is 41.7 Å². The van der Waals surface area contributed by atoms with Crippen LogP contribution in [0.3, 0.4) is 0 Å². The number of carbonyl (C=O) groups is 1. The van der Waals surface area contributed by atoms with Gasteiger partial charge in [-0.15, -0.1) is 0 Å². The Morgan fingerprint density at radius 2 is 2.05 bits per heavy atom. The molecular formula is C15H19Cl2NO3. The zero-order valence-electron chi connectivity index (χ0n) is 11.7. The van der Waals surface area contributed by atoms with Crippen LogP contribution in [0.25, 0.3) is 0 Å². The van der Waals surface area contributed by atoms with E-state index in [4.69, 9.17) is 27.9 Å². The molecule has 1 aliphatic rings. The molecule has 4 nitrogen and oxygen atoms in total. The molecule has 0 spiro atoms. The summed E-state index contributed by atoms with van der Waals surface area (Å²) >= 11 is 11.8. The molecular weight excluding hydrogens is 313 g/mol. The second-order valence-corrected chi connectivity index (χ2v) is 5.98. The van der Waals surface area contributed by atoms with Gasteiger partial charge in [0.15, 0.2) is 0 Å². The number of halogens is 2. The number of ether oxygens (including phenoxy) is 1. The van der Waals surface area contributed by atoms with Gasteiger partial charge in [0.2, 0.25) is 5.91 Å². The van der Waals surface area contributed by atoms with E-state index in [1.54, 1.807) is 18.2 Å². The number of amides is 1. The number of carbonyl (C=O) groups excluding carboxylic acids is 1. The highest BCUT2D eigenvalue weighted by Crippen LogP contribution is 2.27. The Morgan fingerprint density at radius 3 is 2.71 bits per heavy atom. The molecule has 2 rings (SSSR count). The quantitative estimate of drug-likeness (QED) is 0.843. The first kappa shape index (κ1) is 16.4. The number of hydrogen-bond acceptors (Lipinski definition) is 3. The normalized spacial score (nSPS) is 16.0. The lowest BCUT2D eigenvalue weighted by Gasteiger charge is -2.29. The van der Waals surface area contributed by atoms with E-state index in [0.29, 0.717) is 61.2 Å². The largest absolute Gasteiger partial charge is 0.492 e. The van der Waals surface area contributed by atoms with E-state index in [1.165, 1.54) is 0 Å². The number of piperidine rings is 1. The third-order valence-electron chi connectivity index (χ3n) is 3.50. The summed E-state index contributed by atoms with van der Waals surface area (Å²) in [5.74, 6) is 0.697. The van der Waals surface area contributed by atoms with Crippen LogP contribution in [0.1, 0.15) is 25.7 Å². The van der Waals surface area contributed by atoms with Gasteiger partial charge in [0.1, 0.15) is 5.75 Å². The van der Waals surface area contributed by atoms with Gasteiger partial charge in [0.05, 0.1) is 17.7 Å². The second kappa shape index (κ2) is 7.87. The molecule has 1 aromatic rings. The minimum absolute atomic E-state index is 0.118. The summed E-state index contributed by atoms with van der Waals surface area (Å²) in [6, 6.07) is 5.06. The molecule has 1 saturated heterocycles. The van der Waals surface area contributed by atoms with E-state index in [1.807, 2.05) is 4.90 Å². The van der Waals surface area contributed by atoms with Crippen LogP contribution in [0, 0.1) is 0 Å². The smallest absolute Gasteiger partial charge is 0.222 e. The lowest BCUT2D eigenvalue weighted by atomic mass is 10.1. The van der Waals surface area contributed by atoms with Crippen LogP contribution < -0.4 is 4.74 Å². The molecule has 1 amide bonds. The van der Waals surface area contributed by atoms with Crippen molar-refractivity contribution in [1.82, 2.24) is 4.90 Å². The molecule has 0 bridgehead atoms. The third-order valence-corrected chi connectivity index (χ3v) is 4.03. The summed E-state index contributed by atoms with van der Waals surface area (Å²) in [6.07, 6.45) is 2.16. The Labute approximate surface area is 134 Å². The zero-order valence-corrected chi connectivity index (χ0v) is 13.2. The molecule has 1 N–H and O–H groups in total. The molecule has 0 unspecified atom stereocenters. The molecule has 21 heavy (non-hydrogen) atoms. The lowest BCUT2D eigenvalue weighted by Crippen LogP contribution is -2.40. The van der Waals surface area contributed by atoms with E-state index in [0.717, 1.165) is 0 Å². The van der Waals surface area contributed by atoms with Crippen molar-refractivity contribution in [3.8, 4) is 5.75 Å². The minimum Gasteiger partial charge on any atom is -0.492 e. The summed E-state index contributed by atoms with van der Waals surface area (Å²) in [5, 5.41) is 10.5. The van der Waals surface area contributed by atoms with Crippen molar-refractivity contribution in [2.45, 2.75) is 31.8 Å². The van der Waals surface area contributed by atoms with Gasteiger partial charge in [-0.1, -0.05) is 23.2 Å².